The van der Waals surface area contributed by atoms with Gasteiger partial charge in [0.15, 0.2) is 0 Å². The van der Waals surface area contributed by atoms with E-state index in [2.05, 4.69) is 15.0 Å². The lowest BCUT2D eigenvalue weighted by Gasteiger charge is -2.45. The molecular formula is C20H24N4O3. The molecule has 2 aliphatic rings. The first-order valence-corrected chi connectivity index (χ1v) is 9.43. The number of aryl methyl sites for hydroxylation is 1. The molecule has 1 spiro atoms. The number of piperidine rings is 1. The van der Waals surface area contributed by atoms with Gasteiger partial charge in [0.25, 0.3) is 5.91 Å². The zero-order chi connectivity index (χ0) is 18.7. The Bertz CT molecular complexity index is 791. The summed E-state index contributed by atoms with van der Waals surface area (Å²) in [6.45, 7) is 3.99. The summed E-state index contributed by atoms with van der Waals surface area (Å²) in [6, 6.07) is 5.63. The van der Waals surface area contributed by atoms with Gasteiger partial charge in [-0.2, -0.15) is 0 Å². The second kappa shape index (κ2) is 7.60. The largest absolute Gasteiger partial charge is 0.474 e. The molecule has 27 heavy (non-hydrogen) atoms. The third-order valence-electron chi connectivity index (χ3n) is 5.34. The Morgan fingerprint density at radius 1 is 1.22 bits per heavy atom. The van der Waals surface area contributed by atoms with Gasteiger partial charge in [-0.15, -0.1) is 0 Å². The smallest absolute Gasteiger partial charge is 0.291 e. The van der Waals surface area contributed by atoms with Gasteiger partial charge in [-0.3, -0.25) is 4.79 Å². The second-order valence-electron chi connectivity index (χ2n) is 7.30. The van der Waals surface area contributed by atoms with Crippen LogP contribution in [0.15, 0.2) is 36.8 Å². The van der Waals surface area contributed by atoms with E-state index < -0.39 is 0 Å². The van der Waals surface area contributed by atoms with Crippen LogP contribution >= 0.6 is 0 Å². The summed E-state index contributed by atoms with van der Waals surface area (Å²) in [5, 5.41) is 0. The number of likely N-dealkylation sites (tertiary alicyclic amines) is 1. The lowest BCUT2D eigenvalue weighted by atomic mass is 9.83. The highest BCUT2D eigenvalue weighted by molar-refractivity contribution is 5.90. The lowest BCUT2D eigenvalue weighted by Crippen LogP contribution is -2.52. The lowest BCUT2D eigenvalue weighted by molar-refractivity contribution is -0.135. The number of hydrogen-bond acceptors (Lipinski definition) is 6. The molecule has 2 saturated heterocycles. The number of pyridine rings is 1. The van der Waals surface area contributed by atoms with Gasteiger partial charge in [0.1, 0.15) is 6.10 Å². The molecule has 7 heteroatoms. The predicted octanol–water partition coefficient (Wildman–Crippen LogP) is 2.41. The predicted molar refractivity (Wildman–Crippen MR) is 98.5 cm³/mol. The van der Waals surface area contributed by atoms with Gasteiger partial charge in [-0.05, 0) is 37.5 Å². The van der Waals surface area contributed by atoms with Crippen molar-refractivity contribution in [3.05, 3.63) is 48.2 Å². The van der Waals surface area contributed by atoms with Gasteiger partial charge < -0.3 is 14.4 Å². The van der Waals surface area contributed by atoms with Crippen LogP contribution in [0.1, 0.15) is 41.9 Å². The van der Waals surface area contributed by atoms with Gasteiger partial charge in [-0.1, -0.05) is 0 Å². The minimum absolute atomic E-state index is 0.0905. The summed E-state index contributed by atoms with van der Waals surface area (Å²) >= 11 is 0. The minimum Gasteiger partial charge on any atom is -0.474 e. The summed E-state index contributed by atoms with van der Waals surface area (Å²) in [6.07, 6.45) is 8.33. The number of rotatable bonds is 3. The summed E-state index contributed by atoms with van der Waals surface area (Å²) in [7, 11) is 0. The van der Waals surface area contributed by atoms with E-state index in [1.807, 2.05) is 24.0 Å². The van der Waals surface area contributed by atoms with Crippen LogP contribution in [0.4, 0.5) is 0 Å². The number of carbonyl (C=O) groups excluding carboxylic acids is 1. The average Bonchev–Trinajstić information content (AvgIpc) is 2.69. The van der Waals surface area contributed by atoms with Crippen molar-refractivity contribution in [2.75, 3.05) is 19.7 Å². The highest BCUT2D eigenvalue weighted by Crippen LogP contribution is 2.36. The van der Waals surface area contributed by atoms with Crippen molar-refractivity contribution in [3.8, 4) is 5.88 Å². The van der Waals surface area contributed by atoms with Crippen molar-refractivity contribution < 1.29 is 14.3 Å². The van der Waals surface area contributed by atoms with Crippen molar-refractivity contribution in [1.29, 1.82) is 0 Å². The quantitative estimate of drug-likeness (QED) is 0.828. The SMILES string of the molecule is Cc1ccnc(OC2CCOC3(CCN(C(=O)c4ncccn4)CC3)C2)c1. The van der Waals surface area contributed by atoms with E-state index in [1.165, 1.54) is 0 Å². The molecule has 0 aromatic carbocycles. The van der Waals surface area contributed by atoms with Gasteiger partial charge in [0.05, 0.1) is 12.2 Å². The van der Waals surface area contributed by atoms with Gasteiger partial charge in [-0.25, -0.2) is 15.0 Å². The van der Waals surface area contributed by atoms with Crippen molar-refractivity contribution >= 4 is 5.91 Å². The monoisotopic (exact) mass is 368 g/mol. The van der Waals surface area contributed by atoms with Crippen LogP contribution in [0.3, 0.4) is 0 Å². The highest BCUT2D eigenvalue weighted by atomic mass is 16.5. The summed E-state index contributed by atoms with van der Waals surface area (Å²) < 4.78 is 12.3. The zero-order valence-corrected chi connectivity index (χ0v) is 15.5. The summed E-state index contributed by atoms with van der Waals surface area (Å²) in [4.78, 5) is 26.8. The number of ether oxygens (including phenoxy) is 2. The Labute approximate surface area is 158 Å². The van der Waals surface area contributed by atoms with Crippen LogP contribution in [0.5, 0.6) is 5.88 Å². The topological polar surface area (TPSA) is 77.4 Å². The Morgan fingerprint density at radius 3 is 2.74 bits per heavy atom. The van der Waals surface area contributed by atoms with Gasteiger partial charge >= 0.3 is 0 Å². The fourth-order valence-electron chi connectivity index (χ4n) is 3.84. The molecule has 2 aromatic rings. The zero-order valence-electron chi connectivity index (χ0n) is 15.5. The first-order valence-electron chi connectivity index (χ1n) is 9.43. The van der Waals surface area contributed by atoms with Crippen molar-refractivity contribution in [3.63, 3.8) is 0 Å². The number of amides is 1. The van der Waals surface area contributed by atoms with Crippen molar-refractivity contribution in [2.45, 2.75) is 44.3 Å². The first kappa shape index (κ1) is 17.9. The molecular weight excluding hydrogens is 344 g/mol. The highest BCUT2D eigenvalue weighted by Gasteiger charge is 2.42. The molecule has 2 fully saturated rings. The van der Waals surface area contributed by atoms with E-state index in [1.54, 1.807) is 24.7 Å². The van der Waals surface area contributed by atoms with Gasteiger partial charge in [0, 0.05) is 50.6 Å². The van der Waals surface area contributed by atoms with E-state index in [-0.39, 0.29) is 23.4 Å². The normalized spacial score (nSPS) is 21.8. The Balaban J connectivity index is 1.36. The molecule has 7 nitrogen and oxygen atoms in total. The van der Waals surface area contributed by atoms with Crippen molar-refractivity contribution in [2.24, 2.45) is 0 Å². The maximum atomic E-state index is 12.5. The minimum atomic E-state index is -0.221. The first-order chi connectivity index (χ1) is 13.1. The Hall–Kier alpha value is -2.54. The van der Waals surface area contributed by atoms with Crippen LogP contribution in [-0.2, 0) is 4.74 Å². The average molecular weight is 368 g/mol. The van der Waals surface area contributed by atoms with Crippen molar-refractivity contribution in [1.82, 2.24) is 19.9 Å². The maximum absolute atomic E-state index is 12.5. The third-order valence-corrected chi connectivity index (χ3v) is 5.34. The van der Waals surface area contributed by atoms with Crippen LogP contribution in [0.2, 0.25) is 0 Å². The number of carbonyl (C=O) groups is 1. The standard InChI is InChI=1S/C20H24N4O3/c1-15-3-9-21-17(13-15)27-16-4-12-26-20(14-16)5-10-24(11-6-20)19(25)18-22-7-2-8-23-18/h2-3,7-9,13,16H,4-6,10-12,14H2,1H3. The summed E-state index contributed by atoms with van der Waals surface area (Å²) in [5.41, 5.74) is 0.915. The Morgan fingerprint density at radius 2 is 2.00 bits per heavy atom. The molecule has 1 amide bonds. The molecule has 1 atom stereocenters. The molecule has 0 aliphatic carbocycles. The van der Waals surface area contributed by atoms with Crippen LogP contribution in [-0.4, -0.2) is 57.2 Å². The Kier molecular flexibility index (Phi) is 5.03. The van der Waals surface area contributed by atoms with E-state index in [0.717, 1.165) is 31.2 Å². The third kappa shape index (κ3) is 4.08. The van der Waals surface area contributed by atoms with Crippen LogP contribution < -0.4 is 4.74 Å². The summed E-state index contributed by atoms with van der Waals surface area (Å²) in [5.74, 6) is 0.814. The number of hydrogen-bond donors (Lipinski definition) is 0. The molecule has 0 N–H and O–H groups in total. The number of aromatic nitrogens is 3. The fourth-order valence-corrected chi connectivity index (χ4v) is 3.84. The molecule has 0 radical (unpaired) electrons. The van der Waals surface area contributed by atoms with E-state index >= 15 is 0 Å². The number of nitrogens with zero attached hydrogens (tertiary/aromatic N) is 4. The molecule has 1 unspecified atom stereocenters. The molecule has 0 bridgehead atoms. The van der Waals surface area contributed by atoms with E-state index in [4.69, 9.17) is 9.47 Å². The molecule has 2 aromatic heterocycles. The molecule has 0 saturated carbocycles. The molecule has 4 rings (SSSR count). The van der Waals surface area contributed by atoms with E-state index in [0.29, 0.717) is 25.6 Å². The molecule has 4 heterocycles. The van der Waals surface area contributed by atoms with Gasteiger partial charge in [0.2, 0.25) is 11.7 Å². The second-order valence-corrected chi connectivity index (χ2v) is 7.30. The van der Waals surface area contributed by atoms with E-state index in [9.17, 15) is 4.79 Å². The van der Waals surface area contributed by atoms with Crippen LogP contribution in [0.25, 0.3) is 0 Å². The fraction of sp³-hybridized carbons (Fsp3) is 0.500. The molecule has 142 valence electrons. The molecule has 2 aliphatic heterocycles. The maximum Gasteiger partial charge on any atom is 0.291 e. The van der Waals surface area contributed by atoms with Crippen LogP contribution in [0, 0.1) is 6.92 Å².